The van der Waals surface area contributed by atoms with Crippen LogP contribution in [0.3, 0.4) is 0 Å². The first kappa shape index (κ1) is 69.6. The van der Waals surface area contributed by atoms with E-state index in [4.69, 9.17) is 11.5 Å². The van der Waals surface area contributed by atoms with Crippen molar-refractivity contribution in [1.82, 2.24) is 57.1 Å². The van der Waals surface area contributed by atoms with Crippen molar-refractivity contribution in [3.05, 3.63) is 120 Å². The number of ketones is 3. The van der Waals surface area contributed by atoms with Crippen molar-refractivity contribution in [3.8, 4) is 5.75 Å². The molecule has 10 atom stereocenters. The molecule has 484 valence electrons. The number of para-hydroxylation sites is 1. The summed E-state index contributed by atoms with van der Waals surface area (Å²) >= 11 is 0. The quantitative estimate of drug-likeness (QED) is 0.0151. The molecule has 3 aromatic carbocycles. The number of primary amides is 1. The number of phenols is 1. The summed E-state index contributed by atoms with van der Waals surface area (Å²) in [4.78, 5) is 154. The Hall–Kier alpha value is -9.50. The maximum atomic E-state index is 14.5. The summed E-state index contributed by atoms with van der Waals surface area (Å²) in [6.45, 7) is 5.50. The van der Waals surface area contributed by atoms with Crippen LogP contribution in [0.2, 0.25) is 0 Å². The number of aromatic amines is 2. The van der Waals surface area contributed by atoms with Crippen molar-refractivity contribution in [3.63, 3.8) is 0 Å². The Bertz CT molecular complexity index is 3300. The van der Waals surface area contributed by atoms with Crippen LogP contribution in [0.1, 0.15) is 88.6 Å². The van der Waals surface area contributed by atoms with E-state index >= 15 is 0 Å². The number of nitrogens with one attached hydrogen (secondary N) is 9. The monoisotopic (exact) mass is 1240 g/mol. The van der Waals surface area contributed by atoms with Gasteiger partial charge in [0.2, 0.25) is 35.4 Å². The van der Waals surface area contributed by atoms with Gasteiger partial charge in [0, 0.05) is 100 Å². The number of aliphatic hydroxyl groups is 2. The van der Waals surface area contributed by atoms with Gasteiger partial charge in [-0.3, -0.25) is 48.1 Å². The van der Waals surface area contributed by atoms with E-state index in [9.17, 15) is 63.3 Å². The molecule has 1 aliphatic rings. The van der Waals surface area contributed by atoms with E-state index in [1.54, 1.807) is 48.7 Å². The molecule has 27 nitrogen and oxygen atoms in total. The van der Waals surface area contributed by atoms with E-state index in [-0.39, 0.29) is 75.5 Å². The number of β-amino-alcohol motifs (C(OH)–C–C–N with tert-alkyl or cyclic N) is 1. The number of aromatic hydroxyl groups is 1. The van der Waals surface area contributed by atoms with E-state index in [2.05, 4.69) is 57.2 Å². The Balaban J connectivity index is 1.14. The van der Waals surface area contributed by atoms with Gasteiger partial charge in [0.25, 0.3) is 0 Å². The number of hydrogen-bond donors (Lipinski definition) is 14. The van der Waals surface area contributed by atoms with E-state index in [0.29, 0.717) is 29.8 Å². The number of phenolic OH excluding ortho intramolecular Hbond substituents is 1. The number of hydrogen-bond acceptors (Lipinski definition) is 15. The molecular formula is C63H84N14O13. The molecule has 16 N–H and O–H groups in total. The minimum Gasteiger partial charge on any atom is -0.508 e. The second-order valence-corrected chi connectivity index (χ2v) is 23.2. The van der Waals surface area contributed by atoms with Crippen LogP contribution in [0.25, 0.3) is 10.9 Å². The van der Waals surface area contributed by atoms with Gasteiger partial charge in [-0.15, -0.1) is 0 Å². The molecule has 1 saturated heterocycles. The van der Waals surface area contributed by atoms with Gasteiger partial charge in [-0.05, 0) is 73.4 Å². The molecule has 90 heavy (non-hydrogen) atoms. The van der Waals surface area contributed by atoms with E-state index in [0.717, 1.165) is 21.4 Å². The van der Waals surface area contributed by atoms with Crippen molar-refractivity contribution >= 4 is 75.7 Å². The van der Waals surface area contributed by atoms with Crippen LogP contribution in [0.4, 0.5) is 4.79 Å². The highest BCUT2D eigenvalue weighted by atomic mass is 16.3. The first-order valence-corrected chi connectivity index (χ1v) is 30.0. The lowest BCUT2D eigenvalue weighted by Crippen LogP contribution is -2.56. The number of aliphatic imine (C=N–C) groups is 1. The molecule has 8 amide bonds. The highest BCUT2D eigenvalue weighted by molar-refractivity contribution is 5.99. The second kappa shape index (κ2) is 33.7. The number of amides is 8. The number of aliphatic hydroxyl groups excluding tert-OH is 2. The predicted octanol–water partition coefficient (Wildman–Crippen LogP) is 0.402. The maximum absolute atomic E-state index is 14.5. The summed E-state index contributed by atoms with van der Waals surface area (Å²) < 4.78 is 0. The van der Waals surface area contributed by atoms with Gasteiger partial charge in [0.15, 0.2) is 23.3 Å². The second-order valence-electron chi connectivity index (χ2n) is 23.2. The number of carbonyl (C=O) groups excluding carboxylic acids is 10. The van der Waals surface area contributed by atoms with Gasteiger partial charge >= 0.3 is 6.03 Å². The third kappa shape index (κ3) is 21.1. The number of likely N-dealkylation sites (tertiary alicyclic amines) is 1. The number of aromatic nitrogens is 3. The highest BCUT2D eigenvalue weighted by Crippen LogP contribution is 2.24. The van der Waals surface area contributed by atoms with Crippen molar-refractivity contribution in [2.45, 2.75) is 140 Å². The molecule has 0 radical (unpaired) electrons. The Labute approximate surface area is 521 Å². The zero-order valence-electron chi connectivity index (χ0n) is 51.2. The van der Waals surface area contributed by atoms with Crippen LogP contribution < -0.4 is 48.7 Å². The van der Waals surface area contributed by atoms with Crippen molar-refractivity contribution < 1.29 is 63.3 Å². The molecule has 0 spiro atoms. The number of nitrogens with zero attached hydrogens (tertiary/aromatic N) is 3. The third-order valence-corrected chi connectivity index (χ3v) is 15.6. The van der Waals surface area contributed by atoms with Crippen molar-refractivity contribution in [2.24, 2.45) is 34.2 Å². The molecule has 2 aromatic heterocycles. The summed E-state index contributed by atoms with van der Waals surface area (Å²) in [6, 6.07) is 13.5. The SMILES string of the molecule is CN=C(N)NCCC[C@H](CC(=O)[C@H](CC(C)C)NC(=O)NCC(=O)[C@H](Cc1ccccc1)NC(=O)[C@@H](CC(=O)[C@H](Cc1cnc[nH]1)NC(=O)[C@@H]1C[C@@H](O)CN1C(=O)[C@@H](Cc1ccc(O)cc1)NC(C)=O)[C@@H](C)O)C(=O)N[C@@H](Cc1c[nH]c2ccccc12)C(N)=O. The number of carbonyl (C=O) groups is 10. The fourth-order valence-corrected chi connectivity index (χ4v) is 10.8. The normalized spacial score (nSPS) is 16.7. The maximum Gasteiger partial charge on any atom is 0.315 e. The Morgan fingerprint density at radius 1 is 0.722 bits per heavy atom. The van der Waals surface area contributed by atoms with Crippen LogP contribution in [0.15, 0.2) is 103 Å². The third-order valence-electron chi connectivity index (χ3n) is 15.6. The zero-order valence-corrected chi connectivity index (χ0v) is 51.2. The highest BCUT2D eigenvalue weighted by Gasteiger charge is 2.43. The van der Waals surface area contributed by atoms with Gasteiger partial charge in [-0.1, -0.05) is 74.5 Å². The molecule has 6 rings (SSSR count). The summed E-state index contributed by atoms with van der Waals surface area (Å²) in [7, 11) is 1.50. The summed E-state index contributed by atoms with van der Waals surface area (Å²) in [5.41, 5.74) is 14.8. The molecule has 1 fully saturated rings. The van der Waals surface area contributed by atoms with Gasteiger partial charge in [-0.25, -0.2) is 9.78 Å². The van der Waals surface area contributed by atoms with Gasteiger partial charge in [0.05, 0.1) is 49.1 Å². The molecule has 27 heteroatoms. The van der Waals surface area contributed by atoms with Crippen LogP contribution >= 0.6 is 0 Å². The van der Waals surface area contributed by atoms with E-state index < -0.39 is 132 Å². The van der Waals surface area contributed by atoms with Crippen LogP contribution in [0.5, 0.6) is 5.75 Å². The van der Waals surface area contributed by atoms with Crippen LogP contribution in [-0.2, 0) is 68.8 Å². The number of guanidine groups is 1. The van der Waals surface area contributed by atoms with Crippen LogP contribution in [0, 0.1) is 17.8 Å². The first-order valence-electron chi connectivity index (χ1n) is 30.0. The Kier molecular flexibility index (Phi) is 26.1. The molecule has 0 unspecified atom stereocenters. The molecule has 3 heterocycles. The predicted molar refractivity (Wildman–Crippen MR) is 332 cm³/mol. The number of fused-ring (bicyclic) bond motifs is 1. The number of nitrogens with two attached hydrogens (primary N) is 2. The zero-order chi connectivity index (χ0) is 65.6. The lowest BCUT2D eigenvalue weighted by Gasteiger charge is -2.30. The topological polar surface area (TPSA) is 428 Å². The van der Waals surface area contributed by atoms with E-state index in [1.165, 1.54) is 45.6 Å². The standard InChI is InChI=1S/C63H84N14O13/c1-35(2)22-48(54(82)26-40(14-11-21-68-62(65)66-5)58(86)75-51(57(64)85)25-41-30-69-47-16-10-9-15-45(41)47)76-63(90)70-32-56(84)49(23-38-12-7-6-8-13-38)73-59(87)46(36(3)78)29-55(83)50(27-42-31-67-34-71-42)74-60(88)53-28-44(81)33-77(53)61(89)52(72-37(4)79)24-39-17-19-43(80)20-18-39/h6-10,12-13,15-20,30-31,34-36,40,44,46,48-53,69,78,80-81H,11,14,21-29,32-33H2,1-5H3,(H2,64,85)(H,67,71)(H,72,79)(H,73,87)(H,74,88)(H,75,86)(H3,65,66,68)(H2,70,76,90)/t36-,40-,44-,46+,48+,49+,50+,51+,52-,53+/m1/s1. The first-order chi connectivity index (χ1) is 42.9. The fourth-order valence-electron chi connectivity index (χ4n) is 10.8. The lowest BCUT2D eigenvalue weighted by molar-refractivity contribution is -0.142. The number of urea groups is 1. The molecule has 0 aliphatic carbocycles. The minimum absolute atomic E-state index is 0.0176. The number of Topliss-reactive ketones (excluding diaryl/α,β-unsaturated/α-hetero) is 3. The lowest BCUT2D eigenvalue weighted by atomic mass is 9.90. The van der Waals surface area contributed by atoms with Gasteiger partial charge < -0.3 is 78.9 Å². The Morgan fingerprint density at radius 2 is 1.38 bits per heavy atom. The van der Waals surface area contributed by atoms with Crippen molar-refractivity contribution in [2.75, 3.05) is 26.7 Å². The number of H-pyrrole nitrogens is 2. The largest absolute Gasteiger partial charge is 0.508 e. The van der Waals surface area contributed by atoms with E-state index in [1.807, 2.05) is 38.1 Å². The minimum atomic E-state index is -1.51. The molecule has 1 aliphatic heterocycles. The fraction of sp³-hybridized carbons (Fsp3) is 0.460. The summed E-state index contributed by atoms with van der Waals surface area (Å²) in [5, 5.41) is 51.4. The molecular weight excluding hydrogens is 1160 g/mol. The summed E-state index contributed by atoms with van der Waals surface area (Å²) in [5.74, 6) is -8.85. The average molecular weight is 1250 g/mol. The molecule has 0 bridgehead atoms. The smallest absolute Gasteiger partial charge is 0.315 e. The average Bonchev–Trinajstić information content (AvgIpc) is 1.78. The number of imidazole rings is 1. The number of rotatable bonds is 34. The molecule has 0 saturated carbocycles. The van der Waals surface area contributed by atoms with Gasteiger partial charge in [0.1, 0.15) is 23.9 Å². The van der Waals surface area contributed by atoms with Crippen LogP contribution in [-0.4, -0.2) is 175 Å². The Morgan fingerprint density at radius 3 is 2.03 bits per heavy atom. The van der Waals surface area contributed by atoms with Crippen molar-refractivity contribution in [1.29, 1.82) is 0 Å². The number of benzene rings is 3. The molecule has 5 aromatic rings. The summed E-state index contributed by atoms with van der Waals surface area (Å²) in [6.07, 6.45) is 0.958. The van der Waals surface area contributed by atoms with Gasteiger partial charge in [-0.2, -0.15) is 0 Å².